The van der Waals surface area contributed by atoms with Crippen molar-refractivity contribution in [3.8, 4) is 0 Å². The van der Waals surface area contributed by atoms with Crippen LogP contribution in [0.2, 0.25) is 0 Å². The van der Waals surface area contributed by atoms with Gasteiger partial charge in [0.1, 0.15) is 4.88 Å². The van der Waals surface area contributed by atoms with Gasteiger partial charge in [0.2, 0.25) is 5.91 Å². The number of carbonyl (C=O) groups is 2. The van der Waals surface area contributed by atoms with E-state index in [0.29, 0.717) is 5.69 Å². The second-order valence-electron chi connectivity index (χ2n) is 5.39. The van der Waals surface area contributed by atoms with Gasteiger partial charge in [-0.2, -0.15) is 0 Å². The lowest BCUT2D eigenvalue weighted by atomic mass is 9.81. The van der Waals surface area contributed by atoms with Gasteiger partial charge < -0.3 is 10.4 Å². The number of aromatic carboxylic acids is 1. The van der Waals surface area contributed by atoms with Crippen molar-refractivity contribution in [2.75, 3.05) is 5.32 Å². The molecule has 1 heterocycles. The second kappa shape index (κ2) is 4.72. The van der Waals surface area contributed by atoms with E-state index < -0.39 is 5.97 Å². The fraction of sp³-hybridized carbons (Fsp3) is 0.538. The van der Waals surface area contributed by atoms with Crippen LogP contribution in [0.25, 0.3) is 0 Å². The molecule has 1 aliphatic carbocycles. The summed E-state index contributed by atoms with van der Waals surface area (Å²) in [4.78, 5) is 23.4. The molecule has 1 fully saturated rings. The van der Waals surface area contributed by atoms with E-state index >= 15 is 0 Å². The standard InChI is InChI=1S/C13H17NO3S/c1-13(2)6-3-4-8(13)11(15)14-9-5-7-18-10(9)12(16)17/h5,7-8H,3-4,6H2,1-2H3,(H,14,15)(H,16,17). The molecule has 1 aliphatic rings. The number of anilines is 1. The predicted octanol–water partition coefficient (Wildman–Crippen LogP) is 3.21. The van der Waals surface area contributed by atoms with E-state index in [-0.39, 0.29) is 22.1 Å². The van der Waals surface area contributed by atoms with Crippen molar-refractivity contribution in [2.24, 2.45) is 11.3 Å². The number of thiophene rings is 1. The third-order valence-electron chi connectivity index (χ3n) is 3.69. The Hall–Kier alpha value is -1.36. The van der Waals surface area contributed by atoms with Crippen molar-refractivity contribution < 1.29 is 14.7 Å². The Morgan fingerprint density at radius 1 is 1.50 bits per heavy atom. The highest BCUT2D eigenvalue weighted by Crippen LogP contribution is 2.43. The number of hydrogen-bond acceptors (Lipinski definition) is 3. The summed E-state index contributed by atoms with van der Waals surface area (Å²) in [6.07, 6.45) is 2.98. The van der Waals surface area contributed by atoms with Gasteiger partial charge in [0.05, 0.1) is 5.69 Å². The molecular weight excluding hydrogens is 250 g/mol. The predicted molar refractivity (Wildman–Crippen MR) is 71.0 cm³/mol. The first-order chi connectivity index (χ1) is 8.42. The third kappa shape index (κ3) is 2.41. The topological polar surface area (TPSA) is 66.4 Å². The Balaban J connectivity index is 2.12. The number of hydrogen-bond donors (Lipinski definition) is 2. The van der Waals surface area contributed by atoms with Crippen molar-refractivity contribution in [3.63, 3.8) is 0 Å². The molecule has 4 nitrogen and oxygen atoms in total. The molecule has 2 N–H and O–H groups in total. The average molecular weight is 267 g/mol. The zero-order valence-electron chi connectivity index (χ0n) is 10.5. The van der Waals surface area contributed by atoms with E-state index in [1.807, 2.05) is 0 Å². The van der Waals surface area contributed by atoms with Crippen LogP contribution in [0.5, 0.6) is 0 Å². The summed E-state index contributed by atoms with van der Waals surface area (Å²) in [5.41, 5.74) is 0.420. The zero-order valence-corrected chi connectivity index (χ0v) is 11.3. The summed E-state index contributed by atoms with van der Waals surface area (Å²) >= 11 is 1.13. The Morgan fingerprint density at radius 2 is 2.22 bits per heavy atom. The lowest BCUT2D eigenvalue weighted by Gasteiger charge is -2.25. The Kier molecular flexibility index (Phi) is 3.43. The first-order valence-electron chi connectivity index (χ1n) is 6.03. The minimum absolute atomic E-state index is 0.00346. The van der Waals surface area contributed by atoms with Crippen molar-refractivity contribution in [1.29, 1.82) is 0 Å². The lowest BCUT2D eigenvalue weighted by Crippen LogP contribution is -2.31. The molecule has 98 valence electrons. The first-order valence-corrected chi connectivity index (χ1v) is 6.91. The van der Waals surface area contributed by atoms with Crippen molar-refractivity contribution in [2.45, 2.75) is 33.1 Å². The minimum atomic E-state index is -0.994. The van der Waals surface area contributed by atoms with Gasteiger partial charge in [-0.1, -0.05) is 20.3 Å². The average Bonchev–Trinajstić information content (AvgIpc) is 2.83. The molecule has 0 spiro atoms. The number of rotatable bonds is 3. The van der Waals surface area contributed by atoms with Crippen LogP contribution in [0.1, 0.15) is 42.8 Å². The maximum absolute atomic E-state index is 12.2. The van der Waals surface area contributed by atoms with Gasteiger partial charge in [0.15, 0.2) is 0 Å². The molecular formula is C13H17NO3S. The highest BCUT2D eigenvalue weighted by molar-refractivity contribution is 7.12. The van der Waals surface area contributed by atoms with Crippen LogP contribution in [-0.4, -0.2) is 17.0 Å². The number of carboxylic acid groups (broad SMARTS) is 1. The van der Waals surface area contributed by atoms with E-state index in [1.165, 1.54) is 0 Å². The van der Waals surface area contributed by atoms with Gasteiger partial charge in [-0.3, -0.25) is 4.79 Å². The molecule has 18 heavy (non-hydrogen) atoms. The molecule has 0 aliphatic heterocycles. The van der Waals surface area contributed by atoms with Gasteiger partial charge in [0.25, 0.3) is 0 Å². The highest BCUT2D eigenvalue weighted by Gasteiger charge is 2.39. The summed E-state index contributed by atoms with van der Waals surface area (Å²) in [5, 5.41) is 13.4. The third-order valence-corrected chi connectivity index (χ3v) is 4.59. The van der Waals surface area contributed by atoms with Gasteiger partial charge in [-0.05, 0) is 29.7 Å². The van der Waals surface area contributed by atoms with Gasteiger partial charge in [-0.25, -0.2) is 4.79 Å². The normalized spacial score (nSPS) is 21.8. The molecule has 0 radical (unpaired) electrons. The maximum atomic E-state index is 12.2. The second-order valence-corrected chi connectivity index (χ2v) is 6.31. The number of nitrogens with one attached hydrogen (secondary N) is 1. The summed E-state index contributed by atoms with van der Waals surface area (Å²) in [5.74, 6) is -1.08. The van der Waals surface area contributed by atoms with Crippen LogP contribution in [-0.2, 0) is 4.79 Å². The smallest absolute Gasteiger partial charge is 0.348 e. The van der Waals surface area contributed by atoms with Crippen molar-refractivity contribution in [3.05, 3.63) is 16.3 Å². The summed E-state index contributed by atoms with van der Waals surface area (Å²) < 4.78 is 0. The largest absolute Gasteiger partial charge is 0.477 e. The monoisotopic (exact) mass is 267 g/mol. The van der Waals surface area contributed by atoms with E-state index in [2.05, 4.69) is 19.2 Å². The van der Waals surface area contributed by atoms with E-state index in [9.17, 15) is 9.59 Å². The molecule has 1 atom stereocenters. The number of carbonyl (C=O) groups excluding carboxylic acids is 1. The summed E-state index contributed by atoms with van der Waals surface area (Å²) in [7, 11) is 0. The number of carboxylic acids is 1. The van der Waals surface area contributed by atoms with E-state index in [0.717, 1.165) is 30.6 Å². The maximum Gasteiger partial charge on any atom is 0.348 e. The Labute approximate surface area is 110 Å². The molecule has 0 bridgehead atoms. The summed E-state index contributed by atoms with van der Waals surface area (Å²) in [6.45, 7) is 4.19. The molecule has 1 amide bonds. The van der Waals surface area contributed by atoms with Crippen LogP contribution in [0.15, 0.2) is 11.4 Å². The first kappa shape index (κ1) is 13.1. The van der Waals surface area contributed by atoms with Gasteiger partial charge >= 0.3 is 5.97 Å². The molecule has 2 rings (SSSR count). The molecule has 1 aromatic rings. The fourth-order valence-corrected chi connectivity index (χ4v) is 3.29. The molecule has 0 aromatic carbocycles. The lowest BCUT2D eigenvalue weighted by molar-refractivity contribution is -0.122. The molecule has 5 heteroatoms. The van der Waals surface area contributed by atoms with Crippen molar-refractivity contribution >= 4 is 28.9 Å². The Bertz CT molecular complexity index is 478. The van der Waals surface area contributed by atoms with Gasteiger partial charge in [0, 0.05) is 5.92 Å². The molecule has 0 saturated heterocycles. The quantitative estimate of drug-likeness (QED) is 0.883. The zero-order chi connectivity index (χ0) is 13.3. The van der Waals surface area contributed by atoms with Crippen LogP contribution >= 0.6 is 11.3 Å². The van der Waals surface area contributed by atoms with Crippen LogP contribution in [0, 0.1) is 11.3 Å². The molecule has 1 aromatic heterocycles. The van der Waals surface area contributed by atoms with E-state index in [1.54, 1.807) is 11.4 Å². The van der Waals surface area contributed by atoms with Crippen LogP contribution < -0.4 is 5.32 Å². The number of amides is 1. The SMILES string of the molecule is CC1(C)CCCC1C(=O)Nc1ccsc1C(=O)O. The minimum Gasteiger partial charge on any atom is -0.477 e. The van der Waals surface area contributed by atoms with Crippen molar-refractivity contribution in [1.82, 2.24) is 0 Å². The summed E-state index contributed by atoms with van der Waals surface area (Å²) in [6, 6.07) is 1.65. The molecule has 1 saturated carbocycles. The fourth-order valence-electron chi connectivity index (χ4n) is 2.61. The highest BCUT2D eigenvalue weighted by atomic mass is 32.1. The van der Waals surface area contributed by atoms with E-state index in [4.69, 9.17) is 5.11 Å². The van der Waals surface area contributed by atoms with Gasteiger partial charge in [-0.15, -0.1) is 11.3 Å². The van der Waals surface area contributed by atoms with Crippen LogP contribution in [0.3, 0.4) is 0 Å². The molecule has 1 unspecified atom stereocenters. The Morgan fingerprint density at radius 3 is 2.78 bits per heavy atom. The van der Waals surface area contributed by atoms with Crippen LogP contribution in [0.4, 0.5) is 5.69 Å².